The molecular weight excluding hydrogens is 338 g/mol. The monoisotopic (exact) mass is 352 g/mol. The van der Waals surface area contributed by atoms with Crippen LogP contribution in [0.3, 0.4) is 0 Å². The van der Waals surface area contributed by atoms with Crippen molar-refractivity contribution in [3.63, 3.8) is 0 Å². The van der Waals surface area contributed by atoms with Crippen molar-refractivity contribution in [2.75, 3.05) is 10.6 Å². The number of nitrogens with one attached hydrogen (secondary N) is 2. The molecule has 0 fully saturated rings. The number of rotatable bonds is 4. The largest absolute Gasteiger partial charge is 0.322 e. The summed E-state index contributed by atoms with van der Waals surface area (Å²) >= 11 is 0. The lowest BCUT2D eigenvalue weighted by Gasteiger charge is -2.08. The molecule has 130 valence electrons. The molecule has 0 bridgehead atoms. The molecule has 0 saturated carbocycles. The van der Waals surface area contributed by atoms with Gasteiger partial charge in [0.2, 0.25) is 0 Å². The van der Waals surface area contributed by atoms with E-state index >= 15 is 0 Å². The lowest BCUT2D eigenvalue weighted by atomic mass is 10.1. The van der Waals surface area contributed by atoms with Crippen molar-refractivity contribution < 1.29 is 18.4 Å². The summed E-state index contributed by atoms with van der Waals surface area (Å²) in [6.45, 7) is 0. The number of amides is 2. The van der Waals surface area contributed by atoms with Gasteiger partial charge in [-0.05, 0) is 66.7 Å². The Hall–Kier alpha value is -3.54. The van der Waals surface area contributed by atoms with Crippen molar-refractivity contribution in [2.45, 2.75) is 0 Å². The van der Waals surface area contributed by atoms with E-state index in [1.165, 1.54) is 54.6 Å². The lowest BCUT2D eigenvalue weighted by molar-refractivity contribution is 0.102. The molecule has 0 unspecified atom stereocenters. The number of carbonyl (C=O) groups is 2. The van der Waals surface area contributed by atoms with Gasteiger partial charge in [0.25, 0.3) is 11.8 Å². The van der Waals surface area contributed by atoms with E-state index < -0.39 is 23.4 Å². The molecule has 26 heavy (non-hydrogen) atoms. The summed E-state index contributed by atoms with van der Waals surface area (Å²) in [4.78, 5) is 24.6. The number of anilines is 2. The Kier molecular flexibility index (Phi) is 5.03. The molecule has 0 aromatic heterocycles. The van der Waals surface area contributed by atoms with Crippen molar-refractivity contribution >= 4 is 23.2 Å². The summed E-state index contributed by atoms with van der Waals surface area (Å²) in [5, 5.41) is 5.26. The van der Waals surface area contributed by atoms with Gasteiger partial charge in [0.15, 0.2) is 0 Å². The minimum atomic E-state index is -0.423. The van der Waals surface area contributed by atoms with Crippen LogP contribution in [0.2, 0.25) is 0 Å². The number of halogens is 2. The quantitative estimate of drug-likeness (QED) is 0.728. The lowest BCUT2D eigenvalue weighted by Crippen LogP contribution is -2.15. The molecule has 0 aliphatic carbocycles. The molecular formula is C20H14F2N2O2. The molecule has 2 N–H and O–H groups in total. The second-order valence-corrected chi connectivity index (χ2v) is 5.50. The molecule has 0 saturated heterocycles. The third-order valence-electron chi connectivity index (χ3n) is 3.59. The Balaban J connectivity index is 1.72. The number of benzene rings is 3. The van der Waals surface area contributed by atoms with Crippen LogP contribution < -0.4 is 10.6 Å². The second kappa shape index (κ2) is 7.57. The Morgan fingerprint density at radius 3 is 1.38 bits per heavy atom. The summed E-state index contributed by atoms with van der Waals surface area (Å²) in [5.74, 6) is -1.65. The van der Waals surface area contributed by atoms with Crippen molar-refractivity contribution in [1.82, 2.24) is 0 Å². The van der Waals surface area contributed by atoms with Gasteiger partial charge < -0.3 is 10.6 Å². The van der Waals surface area contributed by atoms with E-state index in [1.807, 2.05) is 0 Å². The number of hydrogen-bond acceptors (Lipinski definition) is 2. The molecule has 0 aliphatic rings. The molecule has 3 aromatic rings. The zero-order valence-electron chi connectivity index (χ0n) is 13.5. The Morgan fingerprint density at radius 1 is 0.615 bits per heavy atom. The fourth-order valence-corrected chi connectivity index (χ4v) is 2.27. The third kappa shape index (κ3) is 4.30. The Morgan fingerprint density at radius 2 is 1.00 bits per heavy atom. The van der Waals surface area contributed by atoms with Crippen molar-refractivity contribution in [3.8, 4) is 0 Å². The van der Waals surface area contributed by atoms with Crippen LogP contribution in [0.15, 0.2) is 72.8 Å². The molecule has 0 spiro atoms. The average Bonchev–Trinajstić information content (AvgIpc) is 2.65. The first kappa shape index (κ1) is 17.3. The normalized spacial score (nSPS) is 10.2. The molecule has 0 radical (unpaired) electrons. The maximum Gasteiger partial charge on any atom is 0.255 e. The smallest absolute Gasteiger partial charge is 0.255 e. The van der Waals surface area contributed by atoms with Crippen LogP contribution in [0.25, 0.3) is 0 Å². The van der Waals surface area contributed by atoms with Crippen LogP contribution in [0.1, 0.15) is 20.7 Å². The maximum absolute atomic E-state index is 12.9. The van der Waals surface area contributed by atoms with E-state index in [4.69, 9.17) is 0 Å². The Labute approximate surface area is 148 Å². The van der Waals surface area contributed by atoms with Gasteiger partial charge >= 0.3 is 0 Å². The average molecular weight is 352 g/mol. The highest BCUT2D eigenvalue weighted by atomic mass is 19.1. The van der Waals surface area contributed by atoms with E-state index in [1.54, 1.807) is 18.2 Å². The first-order valence-corrected chi connectivity index (χ1v) is 7.75. The third-order valence-corrected chi connectivity index (χ3v) is 3.59. The van der Waals surface area contributed by atoms with Crippen molar-refractivity contribution in [3.05, 3.63) is 95.6 Å². The van der Waals surface area contributed by atoms with Gasteiger partial charge in [0.1, 0.15) is 11.6 Å². The van der Waals surface area contributed by atoms with Crippen molar-refractivity contribution in [2.24, 2.45) is 0 Å². The molecule has 6 heteroatoms. The van der Waals surface area contributed by atoms with Crippen LogP contribution in [-0.4, -0.2) is 11.8 Å². The Bertz CT molecular complexity index is 864. The highest BCUT2D eigenvalue weighted by molar-refractivity contribution is 6.08. The van der Waals surface area contributed by atoms with Crippen LogP contribution in [-0.2, 0) is 0 Å². The van der Waals surface area contributed by atoms with Crippen LogP contribution in [0.4, 0.5) is 20.2 Å². The van der Waals surface area contributed by atoms with Gasteiger partial charge in [0, 0.05) is 22.5 Å². The van der Waals surface area contributed by atoms with E-state index in [9.17, 15) is 18.4 Å². The van der Waals surface area contributed by atoms with E-state index in [0.29, 0.717) is 11.4 Å². The predicted molar refractivity (Wildman–Crippen MR) is 95.1 cm³/mol. The molecule has 3 aromatic carbocycles. The molecule has 3 rings (SSSR count). The van der Waals surface area contributed by atoms with E-state index in [-0.39, 0.29) is 11.1 Å². The van der Waals surface area contributed by atoms with Gasteiger partial charge in [-0.15, -0.1) is 0 Å². The summed E-state index contributed by atoms with van der Waals surface area (Å²) in [6, 6.07) is 16.9. The zero-order valence-corrected chi connectivity index (χ0v) is 13.5. The standard InChI is InChI=1S/C20H14F2N2O2/c21-15-4-8-17(9-5-15)23-19(25)13-2-1-3-14(12-13)20(26)24-18-10-6-16(22)7-11-18/h1-12H,(H,23,25)(H,24,26). The van der Waals surface area contributed by atoms with Gasteiger partial charge in [0.05, 0.1) is 0 Å². The first-order chi connectivity index (χ1) is 12.5. The SMILES string of the molecule is O=C(Nc1ccc(F)cc1)c1cccc(C(=O)Nc2ccc(F)cc2)c1. The second-order valence-electron chi connectivity index (χ2n) is 5.50. The molecule has 2 amide bonds. The van der Waals surface area contributed by atoms with Crippen molar-refractivity contribution in [1.29, 1.82) is 0 Å². The van der Waals surface area contributed by atoms with E-state index in [2.05, 4.69) is 10.6 Å². The van der Waals surface area contributed by atoms with E-state index in [0.717, 1.165) is 0 Å². The molecule has 0 atom stereocenters. The summed E-state index contributed by atoms with van der Waals surface area (Å²) in [5.41, 5.74) is 1.44. The summed E-state index contributed by atoms with van der Waals surface area (Å²) in [7, 11) is 0. The summed E-state index contributed by atoms with van der Waals surface area (Å²) in [6.07, 6.45) is 0. The highest BCUT2D eigenvalue weighted by Gasteiger charge is 2.11. The molecule has 0 aliphatic heterocycles. The highest BCUT2D eigenvalue weighted by Crippen LogP contribution is 2.14. The van der Waals surface area contributed by atoms with Crippen LogP contribution >= 0.6 is 0 Å². The minimum absolute atomic E-state index is 0.279. The maximum atomic E-state index is 12.9. The minimum Gasteiger partial charge on any atom is -0.322 e. The van der Waals surface area contributed by atoms with Gasteiger partial charge in [-0.3, -0.25) is 9.59 Å². The number of hydrogen-bond donors (Lipinski definition) is 2. The topological polar surface area (TPSA) is 58.2 Å². The van der Waals surface area contributed by atoms with Crippen LogP contribution in [0.5, 0.6) is 0 Å². The van der Waals surface area contributed by atoms with Gasteiger partial charge in [-0.2, -0.15) is 0 Å². The molecule has 0 heterocycles. The predicted octanol–water partition coefficient (Wildman–Crippen LogP) is 4.47. The fourth-order valence-electron chi connectivity index (χ4n) is 2.27. The summed E-state index contributed by atoms with van der Waals surface area (Å²) < 4.78 is 25.8. The first-order valence-electron chi connectivity index (χ1n) is 7.75. The van der Waals surface area contributed by atoms with Crippen LogP contribution in [0, 0.1) is 11.6 Å². The van der Waals surface area contributed by atoms with Gasteiger partial charge in [-0.25, -0.2) is 8.78 Å². The molecule has 4 nitrogen and oxygen atoms in total. The number of carbonyl (C=O) groups excluding carboxylic acids is 2. The fraction of sp³-hybridized carbons (Fsp3) is 0. The van der Waals surface area contributed by atoms with Gasteiger partial charge in [-0.1, -0.05) is 6.07 Å². The zero-order chi connectivity index (χ0) is 18.5.